The minimum atomic E-state index is 0.311. The number of nitrogens with zero attached hydrogens (tertiary/aromatic N) is 2. The van der Waals surface area contributed by atoms with E-state index in [-0.39, 0.29) is 0 Å². The summed E-state index contributed by atoms with van der Waals surface area (Å²) < 4.78 is 0. The predicted octanol–water partition coefficient (Wildman–Crippen LogP) is 1.71. The van der Waals surface area contributed by atoms with Crippen LogP contribution in [0.25, 0.3) is 0 Å². The van der Waals surface area contributed by atoms with E-state index in [0.29, 0.717) is 18.7 Å². The van der Waals surface area contributed by atoms with E-state index in [1.54, 1.807) is 0 Å². The van der Waals surface area contributed by atoms with Crippen LogP contribution in [0.2, 0.25) is 0 Å². The van der Waals surface area contributed by atoms with Gasteiger partial charge in [-0.25, -0.2) is 0 Å². The van der Waals surface area contributed by atoms with Crippen molar-refractivity contribution in [1.29, 1.82) is 0 Å². The summed E-state index contributed by atoms with van der Waals surface area (Å²) in [6, 6.07) is 1.70. The van der Waals surface area contributed by atoms with E-state index in [1.807, 2.05) is 0 Å². The highest BCUT2D eigenvalue weighted by Gasteiger charge is 2.33. The van der Waals surface area contributed by atoms with Crippen LogP contribution < -0.4 is 0 Å². The molecule has 2 unspecified atom stereocenters. The van der Waals surface area contributed by atoms with Crippen molar-refractivity contribution in [3.8, 4) is 0 Å². The zero-order valence-electron chi connectivity index (χ0n) is 11.4. The second-order valence-electron chi connectivity index (χ2n) is 5.98. The molecule has 0 bridgehead atoms. The third-order valence-corrected chi connectivity index (χ3v) is 4.59. The van der Waals surface area contributed by atoms with Crippen LogP contribution in [0.3, 0.4) is 0 Å². The lowest BCUT2D eigenvalue weighted by Crippen LogP contribution is -2.52. The van der Waals surface area contributed by atoms with Crippen LogP contribution in [0.1, 0.15) is 45.4 Å². The number of hydrogen-bond donors (Lipinski definition) is 1. The molecule has 1 saturated carbocycles. The van der Waals surface area contributed by atoms with Gasteiger partial charge in [0.25, 0.3) is 0 Å². The normalized spacial score (nSPS) is 34.8. The molecule has 0 aromatic carbocycles. The lowest BCUT2D eigenvalue weighted by Gasteiger charge is -2.42. The Balaban J connectivity index is 2.07. The predicted molar refractivity (Wildman–Crippen MR) is 71.2 cm³/mol. The zero-order valence-corrected chi connectivity index (χ0v) is 11.4. The van der Waals surface area contributed by atoms with Crippen LogP contribution >= 0.6 is 0 Å². The third kappa shape index (κ3) is 3.21. The molecule has 0 aromatic heterocycles. The summed E-state index contributed by atoms with van der Waals surface area (Å²) >= 11 is 0. The first-order valence-electron chi connectivity index (χ1n) is 7.29. The number of likely N-dealkylation sites (N-methyl/N-ethyl adjacent to an activating group) is 1. The largest absolute Gasteiger partial charge is 0.395 e. The van der Waals surface area contributed by atoms with E-state index in [2.05, 4.69) is 23.8 Å². The smallest absolute Gasteiger partial charge is 0.0599 e. The highest BCUT2D eigenvalue weighted by molar-refractivity contribution is 4.89. The second kappa shape index (κ2) is 6.17. The van der Waals surface area contributed by atoms with Gasteiger partial charge in [0.1, 0.15) is 0 Å². The standard InChI is InChI=1S/C14H28N2O/c1-12-8-9-15(2)10-14(11-17)16(12)13-6-4-3-5-7-13/h12-14,17H,3-11H2,1-2H3. The fourth-order valence-corrected chi connectivity index (χ4v) is 3.65. The fraction of sp³-hybridized carbons (Fsp3) is 1.00. The zero-order chi connectivity index (χ0) is 12.3. The van der Waals surface area contributed by atoms with Gasteiger partial charge in [0, 0.05) is 24.7 Å². The van der Waals surface area contributed by atoms with Gasteiger partial charge in [-0.2, -0.15) is 0 Å². The molecule has 0 spiro atoms. The molecule has 1 aliphatic carbocycles. The van der Waals surface area contributed by atoms with E-state index in [9.17, 15) is 5.11 Å². The van der Waals surface area contributed by atoms with Crippen LogP contribution in [-0.2, 0) is 0 Å². The molecule has 0 radical (unpaired) electrons. The second-order valence-corrected chi connectivity index (χ2v) is 5.98. The van der Waals surface area contributed by atoms with Crippen LogP contribution in [0.4, 0.5) is 0 Å². The van der Waals surface area contributed by atoms with Crippen molar-refractivity contribution in [2.45, 2.75) is 63.6 Å². The highest BCUT2D eigenvalue weighted by atomic mass is 16.3. The SMILES string of the molecule is CC1CCN(C)CC(CO)N1C1CCCCC1. The molecule has 1 N–H and O–H groups in total. The monoisotopic (exact) mass is 240 g/mol. The quantitative estimate of drug-likeness (QED) is 0.796. The Morgan fingerprint density at radius 2 is 1.82 bits per heavy atom. The molecule has 17 heavy (non-hydrogen) atoms. The summed E-state index contributed by atoms with van der Waals surface area (Å²) in [6.07, 6.45) is 8.07. The summed E-state index contributed by atoms with van der Waals surface area (Å²) in [5.41, 5.74) is 0. The summed E-state index contributed by atoms with van der Waals surface area (Å²) in [4.78, 5) is 5.02. The van der Waals surface area contributed by atoms with Crippen molar-refractivity contribution < 1.29 is 5.11 Å². The Bertz CT molecular complexity index is 228. The van der Waals surface area contributed by atoms with Crippen molar-refractivity contribution in [2.75, 3.05) is 26.7 Å². The maximum absolute atomic E-state index is 9.68. The first-order valence-corrected chi connectivity index (χ1v) is 7.29. The Morgan fingerprint density at radius 3 is 2.47 bits per heavy atom. The van der Waals surface area contributed by atoms with E-state index in [0.717, 1.165) is 12.6 Å². The Labute approximate surface area is 106 Å². The molecular formula is C14H28N2O. The molecular weight excluding hydrogens is 212 g/mol. The Morgan fingerprint density at radius 1 is 1.12 bits per heavy atom. The summed E-state index contributed by atoms with van der Waals surface area (Å²) in [5.74, 6) is 0. The van der Waals surface area contributed by atoms with E-state index in [4.69, 9.17) is 0 Å². The molecule has 1 aliphatic heterocycles. The van der Waals surface area contributed by atoms with Gasteiger partial charge in [-0.05, 0) is 39.8 Å². The number of aliphatic hydroxyl groups excluding tert-OH is 1. The van der Waals surface area contributed by atoms with Crippen LogP contribution in [0.15, 0.2) is 0 Å². The first kappa shape index (κ1) is 13.3. The molecule has 2 atom stereocenters. The van der Waals surface area contributed by atoms with E-state index in [1.165, 1.54) is 45.1 Å². The van der Waals surface area contributed by atoms with Gasteiger partial charge in [0.05, 0.1) is 6.61 Å². The molecule has 3 heteroatoms. The fourth-order valence-electron chi connectivity index (χ4n) is 3.65. The lowest BCUT2D eigenvalue weighted by molar-refractivity contribution is 0.0350. The lowest BCUT2D eigenvalue weighted by atomic mass is 9.92. The van der Waals surface area contributed by atoms with Gasteiger partial charge < -0.3 is 10.0 Å². The van der Waals surface area contributed by atoms with Crippen molar-refractivity contribution >= 4 is 0 Å². The molecule has 3 nitrogen and oxygen atoms in total. The molecule has 0 amide bonds. The molecule has 2 aliphatic rings. The van der Waals surface area contributed by atoms with Gasteiger partial charge in [0.15, 0.2) is 0 Å². The minimum Gasteiger partial charge on any atom is -0.395 e. The third-order valence-electron chi connectivity index (χ3n) is 4.59. The number of rotatable bonds is 2. The minimum absolute atomic E-state index is 0.311. The number of hydrogen-bond acceptors (Lipinski definition) is 3. The molecule has 1 heterocycles. The van der Waals surface area contributed by atoms with E-state index < -0.39 is 0 Å². The summed E-state index contributed by atoms with van der Waals surface area (Å²) in [5, 5.41) is 9.68. The summed E-state index contributed by atoms with van der Waals surface area (Å²) in [6.45, 7) is 4.85. The van der Waals surface area contributed by atoms with Gasteiger partial charge in [-0.3, -0.25) is 4.90 Å². The average molecular weight is 240 g/mol. The van der Waals surface area contributed by atoms with Crippen LogP contribution in [-0.4, -0.2) is 59.8 Å². The first-order chi connectivity index (χ1) is 8.22. The van der Waals surface area contributed by atoms with Crippen LogP contribution in [0.5, 0.6) is 0 Å². The average Bonchev–Trinajstić information content (AvgIpc) is 2.50. The van der Waals surface area contributed by atoms with Crippen molar-refractivity contribution in [1.82, 2.24) is 9.80 Å². The van der Waals surface area contributed by atoms with Crippen LogP contribution in [0, 0.1) is 0 Å². The van der Waals surface area contributed by atoms with Gasteiger partial charge >= 0.3 is 0 Å². The van der Waals surface area contributed by atoms with Gasteiger partial charge in [0.2, 0.25) is 0 Å². The van der Waals surface area contributed by atoms with E-state index >= 15 is 0 Å². The highest BCUT2D eigenvalue weighted by Crippen LogP contribution is 2.28. The van der Waals surface area contributed by atoms with Gasteiger partial charge in [-0.15, -0.1) is 0 Å². The van der Waals surface area contributed by atoms with Crippen molar-refractivity contribution in [2.24, 2.45) is 0 Å². The molecule has 100 valence electrons. The summed E-state index contributed by atoms with van der Waals surface area (Å²) in [7, 11) is 2.18. The molecule has 1 saturated heterocycles. The Hall–Kier alpha value is -0.120. The maximum atomic E-state index is 9.68. The molecule has 2 rings (SSSR count). The number of aliphatic hydroxyl groups is 1. The maximum Gasteiger partial charge on any atom is 0.0599 e. The topological polar surface area (TPSA) is 26.7 Å². The Kier molecular flexibility index (Phi) is 4.83. The van der Waals surface area contributed by atoms with Gasteiger partial charge in [-0.1, -0.05) is 19.3 Å². The van der Waals surface area contributed by atoms with Crippen molar-refractivity contribution in [3.63, 3.8) is 0 Å². The molecule has 2 fully saturated rings. The van der Waals surface area contributed by atoms with Crippen molar-refractivity contribution in [3.05, 3.63) is 0 Å². The molecule has 0 aromatic rings.